The number of hydrogen-bond acceptors (Lipinski definition) is 2. The minimum absolute atomic E-state index is 0.0357. The number of carbonyl (C=O) groups is 2. The van der Waals surface area contributed by atoms with Gasteiger partial charge in [0.25, 0.3) is 5.91 Å². The number of carbonyl (C=O) groups excluding carboxylic acids is 2. The van der Waals surface area contributed by atoms with Crippen LogP contribution in [0.4, 0.5) is 5.69 Å². The molecule has 0 spiro atoms. The fraction of sp³-hybridized carbons (Fsp3) is 0.529. The SMILES string of the molecule is CC1CCN(C(=O)c2ccccc2NC(=O)C2CC2)CC1. The molecule has 1 N–H and O–H groups in total. The van der Waals surface area contributed by atoms with Crippen LogP contribution in [-0.4, -0.2) is 29.8 Å². The van der Waals surface area contributed by atoms with Crippen LogP contribution in [0, 0.1) is 11.8 Å². The predicted octanol–water partition coefficient (Wildman–Crippen LogP) is 2.91. The van der Waals surface area contributed by atoms with E-state index >= 15 is 0 Å². The van der Waals surface area contributed by atoms with Crippen molar-refractivity contribution in [3.05, 3.63) is 29.8 Å². The zero-order valence-electron chi connectivity index (χ0n) is 12.5. The summed E-state index contributed by atoms with van der Waals surface area (Å²) >= 11 is 0. The lowest BCUT2D eigenvalue weighted by atomic mass is 9.98. The highest BCUT2D eigenvalue weighted by Gasteiger charge is 2.30. The normalized spacial score (nSPS) is 19.4. The van der Waals surface area contributed by atoms with Gasteiger partial charge in [0.2, 0.25) is 5.91 Å². The molecule has 1 saturated carbocycles. The monoisotopic (exact) mass is 286 g/mol. The average molecular weight is 286 g/mol. The van der Waals surface area contributed by atoms with Crippen molar-refractivity contribution in [2.45, 2.75) is 32.6 Å². The van der Waals surface area contributed by atoms with Crippen LogP contribution in [0.25, 0.3) is 0 Å². The molecule has 1 aromatic carbocycles. The second-order valence-electron chi connectivity index (χ2n) is 6.28. The maximum Gasteiger partial charge on any atom is 0.255 e. The molecule has 4 nitrogen and oxygen atoms in total. The van der Waals surface area contributed by atoms with E-state index in [9.17, 15) is 9.59 Å². The molecule has 0 unspecified atom stereocenters. The summed E-state index contributed by atoms with van der Waals surface area (Å²) in [5.74, 6) is 0.916. The van der Waals surface area contributed by atoms with Crippen LogP contribution in [0.1, 0.15) is 43.0 Å². The molecule has 2 aliphatic rings. The lowest BCUT2D eigenvalue weighted by Gasteiger charge is -2.30. The Morgan fingerprint density at radius 1 is 1.10 bits per heavy atom. The summed E-state index contributed by atoms with van der Waals surface area (Å²) in [7, 11) is 0. The van der Waals surface area contributed by atoms with Crippen molar-refractivity contribution in [1.29, 1.82) is 0 Å². The predicted molar refractivity (Wildman–Crippen MR) is 82.1 cm³/mol. The van der Waals surface area contributed by atoms with Crippen molar-refractivity contribution >= 4 is 17.5 Å². The largest absolute Gasteiger partial charge is 0.339 e. The first kappa shape index (κ1) is 14.1. The first-order valence-corrected chi connectivity index (χ1v) is 7.84. The zero-order chi connectivity index (χ0) is 14.8. The number of anilines is 1. The molecule has 4 heteroatoms. The number of benzene rings is 1. The van der Waals surface area contributed by atoms with Gasteiger partial charge < -0.3 is 10.2 Å². The Morgan fingerprint density at radius 3 is 2.43 bits per heavy atom. The van der Waals surface area contributed by atoms with E-state index in [0.717, 1.165) is 38.8 Å². The molecular formula is C17H22N2O2. The Labute approximate surface area is 125 Å². The molecule has 2 amide bonds. The maximum absolute atomic E-state index is 12.7. The fourth-order valence-corrected chi connectivity index (χ4v) is 2.74. The van der Waals surface area contributed by atoms with Crippen LogP contribution < -0.4 is 5.32 Å². The van der Waals surface area contributed by atoms with Gasteiger partial charge >= 0.3 is 0 Å². The summed E-state index contributed by atoms with van der Waals surface area (Å²) in [5.41, 5.74) is 1.26. The van der Waals surface area contributed by atoms with Gasteiger partial charge in [0.15, 0.2) is 0 Å². The van der Waals surface area contributed by atoms with Gasteiger partial charge in [-0.05, 0) is 43.7 Å². The Morgan fingerprint density at radius 2 is 1.76 bits per heavy atom. The van der Waals surface area contributed by atoms with Gasteiger partial charge in [0, 0.05) is 19.0 Å². The fourth-order valence-electron chi connectivity index (χ4n) is 2.74. The Balaban J connectivity index is 1.74. The minimum Gasteiger partial charge on any atom is -0.339 e. The quantitative estimate of drug-likeness (QED) is 0.928. The number of para-hydroxylation sites is 1. The molecule has 1 aromatic rings. The van der Waals surface area contributed by atoms with Gasteiger partial charge in [-0.25, -0.2) is 0 Å². The van der Waals surface area contributed by atoms with E-state index in [-0.39, 0.29) is 17.7 Å². The molecule has 21 heavy (non-hydrogen) atoms. The molecule has 1 aliphatic heterocycles. The molecule has 0 radical (unpaired) electrons. The minimum atomic E-state index is 0.0357. The molecule has 0 bridgehead atoms. The highest BCUT2D eigenvalue weighted by atomic mass is 16.2. The summed E-state index contributed by atoms with van der Waals surface area (Å²) in [6, 6.07) is 7.34. The molecule has 112 valence electrons. The third-order valence-corrected chi connectivity index (χ3v) is 4.43. The number of nitrogens with one attached hydrogen (secondary N) is 1. The number of amides is 2. The van der Waals surface area contributed by atoms with Crippen molar-refractivity contribution in [3.8, 4) is 0 Å². The van der Waals surface area contributed by atoms with Crippen LogP contribution >= 0.6 is 0 Å². The van der Waals surface area contributed by atoms with Crippen molar-refractivity contribution in [3.63, 3.8) is 0 Å². The second kappa shape index (κ2) is 5.88. The maximum atomic E-state index is 12.7. The van der Waals surface area contributed by atoms with E-state index in [1.54, 1.807) is 0 Å². The van der Waals surface area contributed by atoms with Gasteiger partial charge in [-0.15, -0.1) is 0 Å². The summed E-state index contributed by atoms with van der Waals surface area (Å²) in [6.45, 7) is 3.85. The van der Waals surface area contributed by atoms with Crippen molar-refractivity contribution < 1.29 is 9.59 Å². The van der Waals surface area contributed by atoms with Crippen LogP contribution in [0.3, 0.4) is 0 Å². The van der Waals surface area contributed by atoms with Gasteiger partial charge in [0.1, 0.15) is 0 Å². The molecule has 1 heterocycles. The highest BCUT2D eigenvalue weighted by Crippen LogP contribution is 2.31. The van der Waals surface area contributed by atoms with Gasteiger partial charge in [-0.3, -0.25) is 9.59 Å². The molecule has 0 aromatic heterocycles. The first-order valence-electron chi connectivity index (χ1n) is 7.84. The molecule has 1 saturated heterocycles. The van der Waals surface area contributed by atoms with Crippen LogP contribution in [-0.2, 0) is 4.79 Å². The van der Waals surface area contributed by atoms with Crippen LogP contribution in [0.5, 0.6) is 0 Å². The number of nitrogens with zero attached hydrogens (tertiary/aromatic N) is 1. The Kier molecular flexibility index (Phi) is 3.95. The summed E-state index contributed by atoms with van der Waals surface area (Å²) in [4.78, 5) is 26.5. The average Bonchev–Trinajstić information content (AvgIpc) is 3.32. The van der Waals surface area contributed by atoms with Gasteiger partial charge in [-0.1, -0.05) is 19.1 Å². The van der Waals surface area contributed by atoms with Crippen molar-refractivity contribution in [1.82, 2.24) is 4.90 Å². The summed E-state index contributed by atoms with van der Waals surface area (Å²) < 4.78 is 0. The molecular weight excluding hydrogens is 264 g/mol. The Hall–Kier alpha value is -1.84. The van der Waals surface area contributed by atoms with E-state index in [4.69, 9.17) is 0 Å². The number of rotatable bonds is 3. The summed E-state index contributed by atoms with van der Waals surface area (Å²) in [5, 5.41) is 2.91. The topological polar surface area (TPSA) is 49.4 Å². The number of likely N-dealkylation sites (tertiary alicyclic amines) is 1. The second-order valence-corrected chi connectivity index (χ2v) is 6.28. The molecule has 1 aliphatic carbocycles. The van der Waals surface area contributed by atoms with Gasteiger partial charge in [-0.2, -0.15) is 0 Å². The summed E-state index contributed by atoms with van der Waals surface area (Å²) in [6.07, 6.45) is 4.04. The standard InChI is InChI=1S/C17H22N2O2/c1-12-8-10-19(11-9-12)17(21)14-4-2-3-5-15(14)18-16(20)13-6-7-13/h2-5,12-13H,6-11H2,1H3,(H,18,20). The van der Waals surface area contributed by atoms with E-state index < -0.39 is 0 Å². The third kappa shape index (κ3) is 3.26. The lowest BCUT2D eigenvalue weighted by Crippen LogP contribution is -2.38. The highest BCUT2D eigenvalue weighted by molar-refractivity contribution is 6.04. The van der Waals surface area contributed by atoms with E-state index in [1.807, 2.05) is 29.2 Å². The van der Waals surface area contributed by atoms with Crippen molar-refractivity contribution in [2.24, 2.45) is 11.8 Å². The van der Waals surface area contributed by atoms with E-state index in [1.165, 1.54) is 0 Å². The van der Waals surface area contributed by atoms with E-state index in [0.29, 0.717) is 17.2 Å². The van der Waals surface area contributed by atoms with Crippen LogP contribution in [0.2, 0.25) is 0 Å². The lowest BCUT2D eigenvalue weighted by molar-refractivity contribution is -0.117. The first-order chi connectivity index (χ1) is 10.1. The van der Waals surface area contributed by atoms with Gasteiger partial charge in [0.05, 0.1) is 11.3 Å². The smallest absolute Gasteiger partial charge is 0.255 e. The van der Waals surface area contributed by atoms with Crippen LogP contribution in [0.15, 0.2) is 24.3 Å². The number of piperidine rings is 1. The molecule has 2 fully saturated rings. The Bertz CT molecular complexity index is 543. The number of hydrogen-bond donors (Lipinski definition) is 1. The molecule has 0 atom stereocenters. The van der Waals surface area contributed by atoms with Crippen molar-refractivity contribution in [2.75, 3.05) is 18.4 Å². The zero-order valence-corrected chi connectivity index (χ0v) is 12.5. The van der Waals surface area contributed by atoms with E-state index in [2.05, 4.69) is 12.2 Å². The third-order valence-electron chi connectivity index (χ3n) is 4.43. The molecule has 3 rings (SSSR count).